The van der Waals surface area contributed by atoms with Gasteiger partial charge in [-0.15, -0.1) is 0 Å². The van der Waals surface area contributed by atoms with E-state index in [4.69, 9.17) is 23.2 Å². The molecule has 0 aliphatic rings. The van der Waals surface area contributed by atoms with Gasteiger partial charge >= 0.3 is 0 Å². The van der Waals surface area contributed by atoms with Crippen LogP contribution in [0.5, 0.6) is 11.5 Å². The van der Waals surface area contributed by atoms with E-state index in [0.717, 1.165) is 28.6 Å². The molecule has 53 heavy (non-hydrogen) atoms. The lowest BCUT2D eigenvalue weighted by molar-refractivity contribution is -0.131. The molecule has 1 rings (SSSR count). The Morgan fingerprint density at radius 3 is 2.06 bits per heavy atom. The van der Waals surface area contributed by atoms with Gasteiger partial charge in [0.2, 0.25) is 11.8 Å². The highest BCUT2D eigenvalue weighted by Gasteiger charge is 2.46. The molecule has 0 aliphatic carbocycles. The highest BCUT2D eigenvalue weighted by molar-refractivity contribution is 5.83. The third kappa shape index (κ3) is 13.7. The summed E-state index contributed by atoms with van der Waals surface area (Å²) in [4.78, 5) is 27.1. The van der Waals surface area contributed by atoms with Crippen molar-refractivity contribution in [3.05, 3.63) is 23.3 Å². The summed E-state index contributed by atoms with van der Waals surface area (Å²) in [5.74, 6) is 0.173. The molecule has 308 valence electrons. The van der Waals surface area contributed by atoms with E-state index in [1.807, 2.05) is 13.8 Å². The highest BCUT2D eigenvalue weighted by atomic mass is 16.5. The fourth-order valence-corrected chi connectivity index (χ4v) is 8.75. The maximum absolute atomic E-state index is 14.4. The van der Waals surface area contributed by atoms with Crippen molar-refractivity contribution in [3.8, 4) is 11.5 Å². The van der Waals surface area contributed by atoms with Crippen LogP contribution in [0.1, 0.15) is 127 Å². The minimum Gasteiger partial charge on any atom is -0.490 e. The van der Waals surface area contributed by atoms with Gasteiger partial charge in [0.05, 0.1) is 31.3 Å². The van der Waals surface area contributed by atoms with E-state index in [2.05, 4.69) is 81.4 Å². The second-order valence-electron chi connectivity index (χ2n) is 18.1. The first-order valence-electron chi connectivity index (χ1n) is 21.8. The predicted octanol–water partition coefficient (Wildman–Crippen LogP) is 8.38. The zero-order valence-electron chi connectivity index (χ0n) is 40.8. The molecule has 0 heterocycles. The Morgan fingerprint density at radius 2 is 1.58 bits per heavy atom. The second kappa shape index (κ2) is 21.1. The second-order valence-corrected chi connectivity index (χ2v) is 18.1. The van der Waals surface area contributed by atoms with Crippen molar-refractivity contribution in [1.82, 2.24) is 10.6 Å². The van der Waals surface area contributed by atoms with Gasteiger partial charge in [-0.1, -0.05) is 81.2 Å². The van der Waals surface area contributed by atoms with Crippen LogP contribution in [0, 0.1) is 52.8 Å². The van der Waals surface area contributed by atoms with Crippen molar-refractivity contribution in [2.24, 2.45) is 51.6 Å². The molecular weight excluding hydrogens is 666 g/mol. The van der Waals surface area contributed by atoms with Crippen LogP contribution < -0.4 is 25.8 Å². The van der Waals surface area contributed by atoms with Gasteiger partial charge in [0.25, 0.3) is 0 Å². The Bertz CT molecular complexity index is 1410. The standard InChI is InChI=1S/C44H81N3O6/c1-18-33(29(4)5)34(39(48)47-26-42(11,12)40(45)49)23-37(51-17)44(14,46-15)25-43(13,35(19-2)30(6)7)24-32-21-31(8)38(52-20-3)36(22-32)53-28-41(9,10)27-50-16/h21-22,29-30,33-35,37,46H,18-20,23-28H2,1-17H3,(H2,45,49)(H,47,48)/t33?,34-,35?,37-,43-,44-/m0/s1/i/hD4. The summed E-state index contributed by atoms with van der Waals surface area (Å²) in [6, 6.07) is 4.30. The number of rotatable bonds is 26. The van der Waals surface area contributed by atoms with Crippen LogP contribution >= 0.6 is 0 Å². The molecule has 2 amide bonds. The Kier molecular flexibility index (Phi) is 16.6. The summed E-state index contributed by atoms with van der Waals surface area (Å²) in [5.41, 5.74) is -0.615. The molecule has 9 nitrogen and oxygen atoms in total. The zero-order chi connectivity index (χ0) is 44.3. The number of nitrogens with one attached hydrogen (secondary N) is 2. The number of aryl methyl sites for hydroxylation is 1. The molecule has 0 saturated carbocycles. The molecule has 0 aliphatic heterocycles. The van der Waals surface area contributed by atoms with E-state index in [1.54, 1.807) is 35.1 Å². The largest absolute Gasteiger partial charge is 0.490 e. The van der Waals surface area contributed by atoms with Gasteiger partial charge in [-0.05, 0) is 107 Å². The first kappa shape index (κ1) is 41.8. The van der Waals surface area contributed by atoms with Crippen molar-refractivity contribution in [2.45, 2.75) is 141 Å². The van der Waals surface area contributed by atoms with Crippen molar-refractivity contribution < 1.29 is 34.2 Å². The summed E-state index contributed by atoms with van der Waals surface area (Å²) in [6.45, 7) is 29.9. The van der Waals surface area contributed by atoms with Gasteiger partial charge in [-0.3, -0.25) is 9.59 Å². The minimum atomic E-state index is -1.31. The van der Waals surface area contributed by atoms with Crippen molar-refractivity contribution >= 4 is 11.8 Å². The van der Waals surface area contributed by atoms with Crippen LogP contribution in [0.3, 0.4) is 0 Å². The molecule has 9 heteroatoms. The van der Waals surface area contributed by atoms with Crippen LogP contribution in [0.25, 0.3) is 0 Å². The third-order valence-corrected chi connectivity index (χ3v) is 11.6. The first-order valence-corrected chi connectivity index (χ1v) is 20.0. The van der Waals surface area contributed by atoms with Crippen LogP contribution in [-0.4, -0.2) is 71.1 Å². The average Bonchev–Trinajstić information content (AvgIpc) is 3.09. The number of carbonyl (C=O) groups excluding carboxylic acids is 2. The smallest absolute Gasteiger partial charge is 0.224 e. The number of hydrogen-bond acceptors (Lipinski definition) is 7. The molecule has 0 saturated heterocycles. The van der Waals surface area contributed by atoms with Gasteiger partial charge in [-0.25, -0.2) is 0 Å². The molecule has 1 aromatic rings. The van der Waals surface area contributed by atoms with Crippen LogP contribution in [0.2, 0.25) is 5.65 Å². The minimum absolute atomic E-state index is 0.0131. The van der Waals surface area contributed by atoms with Crippen molar-refractivity contribution in [1.29, 1.82) is 0 Å². The van der Waals surface area contributed by atoms with E-state index in [9.17, 15) is 11.0 Å². The lowest BCUT2D eigenvalue weighted by atomic mass is 9.60. The number of amides is 2. The number of benzene rings is 1. The van der Waals surface area contributed by atoms with Gasteiger partial charge in [-0.2, -0.15) is 0 Å². The Labute approximate surface area is 330 Å². The monoisotopic (exact) mass is 752 g/mol. The molecule has 6 atom stereocenters. The van der Waals surface area contributed by atoms with Gasteiger partial charge in [0.15, 0.2) is 15.7 Å². The zero-order valence-corrected chi connectivity index (χ0v) is 36.8. The lowest BCUT2D eigenvalue weighted by Crippen LogP contribution is -2.57. The summed E-state index contributed by atoms with van der Waals surface area (Å²) < 4.78 is 57.6. The molecule has 0 bridgehead atoms. The van der Waals surface area contributed by atoms with E-state index in [-0.39, 0.29) is 47.3 Å². The van der Waals surface area contributed by atoms with Crippen molar-refractivity contribution in [2.75, 3.05) is 47.6 Å². The van der Waals surface area contributed by atoms with E-state index < -0.39 is 34.8 Å². The summed E-state index contributed by atoms with van der Waals surface area (Å²) in [6.07, 6.45) is 2.59. The normalized spacial score (nSPS) is 18.2. The number of nitrogens with two attached hydrogens (primary N) is 1. The molecule has 4 N–H and O–H groups in total. The predicted molar refractivity (Wildman–Crippen MR) is 220 cm³/mol. The summed E-state index contributed by atoms with van der Waals surface area (Å²) in [5, 5.41) is 2.34. The topological polar surface area (TPSA) is 121 Å². The molecule has 0 radical (unpaired) electrons. The Hall–Kier alpha value is -2.36. The first-order chi connectivity index (χ1) is 26.2. The average molecular weight is 752 g/mol. The lowest BCUT2D eigenvalue weighted by Gasteiger charge is -2.49. The Balaban J connectivity index is 3.88. The van der Waals surface area contributed by atoms with Crippen LogP contribution in [0.4, 0.5) is 0 Å². The number of methoxy groups -OCH3 is 2. The van der Waals surface area contributed by atoms with Crippen LogP contribution in [0.15, 0.2) is 12.1 Å². The molecule has 2 unspecified atom stereocenters. The number of primary amides is 1. The fraction of sp³-hybridized carbons (Fsp3) is 0.818. The van der Waals surface area contributed by atoms with Crippen molar-refractivity contribution in [3.63, 3.8) is 0 Å². The van der Waals surface area contributed by atoms with E-state index >= 15 is 0 Å². The third-order valence-electron chi connectivity index (χ3n) is 11.6. The van der Waals surface area contributed by atoms with Gasteiger partial charge in [0, 0.05) is 37.6 Å². The van der Waals surface area contributed by atoms with Gasteiger partial charge in [0.1, 0.15) is 1.41 Å². The molecule has 0 fully saturated rings. The quantitative estimate of drug-likeness (QED) is 0.0870. The van der Waals surface area contributed by atoms with Crippen LogP contribution in [-0.2, 0) is 25.5 Å². The molecular formula is C44H81N3O6. The van der Waals surface area contributed by atoms with Gasteiger partial charge < -0.3 is 35.3 Å². The summed E-state index contributed by atoms with van der Waals surface area (Å²) in [7, 11) is 5.10. The maximum atomic E-state index is 14.4. The number of carbonyl (C=O) groups is 2. The highest BCUT2D eigenvalue weighted by Crippen LogP contribution is 2.47. The molecule has 0 spiro atoms. The molecule has 1 aromatic carbocycles. The molecule has 0 aromatic heterocycles. The number of likely N-dealkylation sites (N-methyl/N-ethyl adjacent to an activating group) is 1. The number of hydrogen-bond donors (Lipinski definition) is 3. The fourth-order valence-electron chi connectivity index (χ4n) is 8.75. The maximum Gasteiger partial charge on any atom is 0.224 e. The SMILES string of the molecule is [2H]N([2H])C(=O)C(C)(C)CN([2H])C(=O)[C@@H](C[C@H](OC)[C@](C)(C[C@](C)(Cc1cc(C)c(OCC)c(OCC(C)(C)COC)c1)C(CC)C(C)C)N([2H])C)C(CC)C(C)C. The number of ether oxygens (including phenoxy) is 4. The Morgan fingerprint density at radius 1 is 0.943 bits per heavy atom. The van der Waals surface area contributed by atoms with E-state index in [0.29, 0.717) is 50.8 Å². The summed E-state index contributed by atoms with van der Waals surface area (Å²) >= 11 is 0. The van der Waals surface area contributed by atoms with E-state index in [1.165, 1.54) is 5.31 Å².